The van der Waals surface area contributed by atoms with Crippen molar-refractivity contribution in [3.05, 3.63) is 0 Å². The van der Waals surface area contributed by atoms with Crippen LogP contribution in [0.5, 0.6) is 0 Å². The number of carbonyl (C=O) groups is 1. The van der Waals surface area contributed by atoms with E-state index in [1.807, 2.05) is 0 Å². The first-order chi connectivity index (χ1) is 8.80. The van der Waals surface area contributed by atoms with Crippen molar-refractivity contribution in [2.75, 3.05) is 6.54 Å². The quantitative estimate of drug-likeness (QED) is 0.708. The largest absolute Gasteiger partial charge is 0.388 e. The molecule has 0 radical (unpaired) electrons. The third-order valence-electron chi connectivity index (χ3n) is 4.80. The Kier molecular flexibility index (Phi) is 4.21. The standard InChI is InChI=1S/C15H28N2O2/c1-14(2)5-7-15(19,8-6-14)10-17-13(18)9-12(16)11-3-4-11/h11-12,19H,3-10,16H2,1-2H3,(H,17,18). The molecule has 1 atom stereocenters. The Morgan fingerprint density at radius 3 is 2.42 bits per heavy atom. The Labute approximate surface area is 116 Å². The summed E-state index contributed by atoms with van der Waals surface area (Å²) in [6.07, 6.45) is 6.29. The molecule has 0 spiro atoms. The van der Waals surface area contributed by atoms with Crippen molar-refractivity contribution in [2.24, 2.45) is 17.1 Å². The summed E-state index contributed by atoms with van der Waals surface area (Å²) < 4.78 is 0. The first kappa shape index (κ1) is 14.8. The van der Waals surface area contributed by atoms with E-state index in [1.54, 1.807) is 0 Å². The predicted octanol–water partition coefficient (Wildman–Crippen LogP) is 1.56. The normalized spacial score (nSPS) is 26.7. The first-order valence-electron chi connectivity index (χ1n) is 7.54. The van der Waals surface area contributed by atoms with Gasteiger partial charge < -0.3 is 16.2 Å². The van der Waals surface area contributed by atoms with Gasteiger partial charge in [-0.15, -0.1) is 0 Å². The van der Waals surface area contributed by atoms with E-state index in [1.165, 1.54) is 0 Å². The lowest BCUT2D eigenvalue weighted by Gasteiger charge is -2.40. The van der Waals surface area contributed by atoms with Crippen LogP contribution in [0.4, 0.5) is 0 Å². The third kappa shape index (κ3) is 4.46. The molecule has 1 unspecified atom stereocenters. The van der Waals surface area contributed by atoms with Gasteiger partial charge in [-0.25, -0.2) is 0 Å². The van der Waals surface area contributed by atoms with Crippen LogP contribution in [0.2, 0.25) is 0 Å². The lowest BCUT2D eigenvalue weighted by molar-refractivity contribution is -0.123. The highest BCUT2D eigenvalue weighted by Crippen LogP contribution is 2.39. The molecule has 4 N–H and O–H groups in total. The molecule has 0 saturated heterocycles. The van der Waals surface area contributed by atoms with Gasteiger partial charge in [-0.05, 0) is 49.9 Å². The summed E-state index contributed by atoms with van der Waals surface area (Å²) in [6, 6.07) is -0.0000629. The van der Waals surface area contributed by atoms with Crippen LogP contribution in [0.1, 0.15) is 58.8 Å². The number of nitrogens with one attached hydrogen (secondary N) is 1. The number of carbonyl (C=O) groups excluding carboxylic acids is 1. The number of nitrogens with two attached hydrogens (primary N) is 1. The van der Waals surface area contributed by atoms with Crippen LogP contribution in [0, 0.1) is 11.3 Å². The molecule has 0 aromatic rings. The summed E-state index contributed by atoms with van der Waals surface area (Å²) >= 11 is 0. The van der Waals surface area contributed by atoms with E-state index in [2.05, 4.69) is 19.2 Å². The van der Waals surface area contributed by atoms with Gasteiger partial charge in [0.15, 0.2) is 0 Å². The Morgan fingerprint density at radius 2 is 1.89 bits per heavy atom. The molecule has 0 aliphatic heterocycles. The fourth-order valence-electron chi connectivity index (χ4n) is 2.81. The minimum atomic E-state index is -0.713. The van der Waals surface area contributed by atoms with E-state index in [4.69, 9.17) is 5.73 Å². The van der Waals surface area contributed by atoms with E-state index in [0.717, 1.165) is 38.5 Å². The van der Waals surface area contributed by atoms with E-state index >= 15 is 0 Å². The van der Waals surface area contributed by atoms with Gasteiger partial charge in [-0.3, -0.25) is 4.79 Å². The van der Waals surface area contributed by atoms with Gasteiger partial charge in [0.25, 0.3) is 0 Å². The van der Waals surface area contributed by atoms with Gasteiger partial charge in [-0.1, -0.05) is 13.8 Å². The molecule has 0 heterocycles. The smallest absolute Gasteiger partial charge is 0.221 e. The molecule has 2 aliphatic carbocycles. The van der Waals surface area contributed by atoms with Crippen molar-refractivity contribution < 1.29 is 9.90 Å². The van der Waals surface area contributed by atoms with Crippen LogP contribution in [0.3, 0.4) is 0 Å². The second kappa shape index (κ2) is 5.41. The number of hydrogen-bond donors (Lipinski definition) is 3. The molecule has 2 aliphatic rings. The second-order valence-electron chi connectivity index (χ2n) is 7.37. The van der Waals surface area contributed by atoms with Crippen LogP contribution < -0.4 is 11.1 Å². The van der Waals surface area contributed by atoms with Crippen LogP contribution in [0.15, 0.2) is 0 Å². The predicted molar refractivity (Wildman–Crippen MR) is 75.5 cm³/mol. The fourth-order valence-corrected chi connectivity index (χ4v) is 2.81. The molecule has 110 valence electrons. The zero-order valence-corrected chi connectivity index (χ0v) is 12.2. The molecule has 4 heteroatoms. The Balaban J connectivity index is 1.70. The Morgan fingerprint density at radius 1 is 1.32 bits per heavy atom. The highest BCUT2D eigenvalue weighted by Gasteiger charge is 2.37. The molecule has 19 heavy (non-hydrogen) atoms. The van der Waals surface area contributed by atoms with Crippen LogP contribution in [-0.4, -0.2) is 29.2 Å². The van der Waals surface area contributed by atoms with Crippen molar-refractivity contribution in [3.63, 3.8) is 0 Å². The Bertz CT molecular complexity index is 327. The fraction of sp³-hybridized carbons (Fsp3) is 0.933. The zero-order chi connectivity index (χ0) is 14.1. The molecule has 0 bridgehead atoms. The van der Waals surface area contributed by atoms with Gasteiger partial charge in [0.2, 0.25) is 5.91 Å². The van der Waals surface area contributed by atoms with Crippen molar-refractivity contribution >= 4 is 5.91 Å². The topological polar surface area (TPSA) is 75.3 Å². The lowest BCUT2D eigenvalue weighted by atomic mass is 9.71. The maximum atomic E-state index is 11.8. The lowest BCUT2D eigenvalue weighted by Crippen LogP contribution is -2.47. The summed E-state index contributed by atoms with van der Waals surface area (Å²) in [5, 5.41) is 13.3. The van der Waals surface area contributed by atoms with Gasteiger partial charge in [0.1, 0.15) is 0 Å². The van der Waals surface area contributed by atoms with E-state index < -0.39 is 5.60 Å². The summed E-state index contributed by atoms with van der Waals surface area (Å²) in [5.41, 5.74) is 5.54. The van der Waals surface area contributed by atoms with Crippen LogP contribution >= 0.6 is 0 Å². The van der Waals surface area contributed by atoms with Gasteiger partial charge in [0, 0.05) is 19.0 Å². The molecule has 1 amide bonds. The zero-order valence-electron chi connectivity index (χ0n) is 12.2. The van der Waals surface area contributed by atoms with E-state index in [0.29, 0.717) is 24.3 Å². The highest BCUT2D eigenvalue weighted by atomic mass is 16.3. The summed E-state index contributed by atoms with van der Waals surface area (Å²) in [7, 11) is 0. The summed E-state index contributed by atoms with van der Waals surface area (Å²) in [5.74, 6) is 0.530. The molecule has 0 aromatic heterocycles. The van der Waals surface area contributed by atoms with Gasteiger partial charge in [0.05, 0.1) is 5.60 Å². The summed E-state index contributed by atoms with van der Waals surface area (Å²) in [6.45, 7) is 4.85. The average molecular weight is 268 g/mol. The average Bonchev–Trinajstić information content (AvgIpc) is 3.15. The van der Waals surface area contributed by atoms with Crippen LogP contribution in [0.25, 0.3) is 0 Å². The van der Waals surface area contributed by atoms with Crippen molar-refractivity contribution in [3.8, 4) is 0 Å². The maximum Gasteiger partial charge on any atom is 0.221 e. The third-order valence-corrected chi connectivity index (χ3v) is 4.80. The number of rotatable bonds is 5. The summed E-state index contributed by atoms with van der Waals surface area (Å²) in [4.78, 5) is 11.8. The van der Waals surface area contributed by atoms with Gasteiger partial charge >= 0.3 is 0 Å². The molecular formula is C15H28N2O2. The molecular weight excluding hydrogens is 240 g/mol. The first-order valence-corrected chi connectivity index (χ1v) is 7.54. The SMILES string of the molecule is CC1(C)CCC(O)(CNC(=O)CC(N)C2CC2)CC1. The molecule has 0 aromatic carbocycles. The maximum absolute atomic E-state index is 11.8. The number of amides is 1. The Hall–Kier alpha value is -0.610. The minimum Gasteiger partial charge on any atom is -0.388 e. The minimum absolute atomic E-state index is 0.0000629. The monoisotopic (exact) mass is 268 g/mol. The second-order valence-corrected chi connectivity index (χ2v) is 7.37. The molecule has 2 saturated carbocycles. The molecule has 4 nitrogen and oxygen atoms in total. The van der Waals surface area contributed by atoms with Gasteiger partial charge in [-0.2, -0.15) is 0 Å². The number of hydrogen-bond acceptors (Lipinski definition) is 3. The van der Waals surface area contributed by atoms with Crippen LogP contribution in [-0.2, 0) is 4.79 Å². The van der Waals surface area contributed by atoms with Crippen molar-refractivity contribution in [1.82, 2.24) is 5.32 Å². The van der Waals surface area contributed by atoms with Crippen molar-refractivity contribution in [1.29, 1.82) is 0 Å². The van der Waals surface area contributed by atoms with E-state index in [9.17, 15) is 9.90 Å². The molecule has 2 rings (SSSR count). The highest BCUT2D eigenvalue weighted by molar-refractivity contribution is 5.76. The number of aliphatic hydroxyl groups is 1. The van der Waals surface area contributed by atoms with E-state index in [-0.39, 0.29) is 11.9 Å². The molecule has 2 fully saturated rings. The van der Waals surface area contributed by atoms with Crippen molar-refractivity contribution in [2.45, 2.75) is 70.4 Å².